The van der Waals surface area contributed by atoms with Gasteiger partial charge in [0.15, 0.2) is 0 Å². The fourth-order valence-corrected chi connectivity index (χ4v) is 3.16. The van der Waals surface area contributed by atoms with Crippen LogP contribution in [-0.2, 0) is 7.05 Å². The molecule has 0 spiro atoms. The second-order valence-electron chi connectivity index (χ2n) is 6.30. The van der Waals surface area contributed by atoms with Gasteiger partial charge in [0.1, 0.15) is 5.69 Å². The van der Waals surface area contributed by atoms with E-state index in [9.17, 15) is 4.79 Å². The Labute approximate surface area is 142 Å². The Bertz CT molecular complexity index is 807. The van der Waals surface area contributed by atoms with Crippen LogP contribution in [0.2, 0.25) is 0 Å². The summed E-state index contributed by atoms with van der Waals surface area (Å²) in [6.07, 6.45) is 0. The first kappa shape index (κ1) is 16.1. The Morgan fingerprint density at radius 2 is 1.83 bits per heavy atom. The van der Waals surface area contributed by atoms with Crippen molar-refractivity contribution in [1.29, 1.82) is 5.26 Å². The van der Waals surface area contributed by atoms with Gasteiger partial charge in [-0.05, 0) is 43.7 Å². The molecule has 1 aliphatic heterocycles. The Morgan fingerprint density at radius 1 is 1.12 bits per heavy atom. The molecule has 1 aromatic heterocycles. The maximum absolute atomic E-state index is 12.8. The van der Waals surface area contributed by atoms with E-state index in [0.29, 0.717) is 18.7 Å². The first-order valence-electron chi connectivity index (χ1n) is 8.18. The van der Waals surface area contributed by atoms with Gasteiger partial charge in [-0.3, -0.25) is 4.79 Å². The molecular formula is C19H22N4O. The zero-order valence-corrected chi connectivity index (χ0v) is 14.4. The highest BCUT2D eigenvalue weighted by Crippen LogP contribution is 2.20. The van der Waals surface area contributed by atoms with Crippen molar-refractivity contribution in [2.45, 2.75) is 13.8 Å². The maximum atomic E-state index is 12.8. The number of amides is 1. The molecule has 3 rings (SSSR count). The predicted octanol–water partition coefficient (Wildman–Crippen LogP) is 2.48. The summed E-state index contributed by atoms with van der Waals surface area (Å²) in [7, 11) is 1.94. The summed E-state index contributed by atoms with van der Waals surface area (Å²) in [6.45, 7) is 7.02. The average molecular weight is 322 g/mol. The van der Waals surface area contributed by atoms with Crippen LogP contribution in [0.15, 0.2) is 30.3 Å². The fraction of sp³-hybridized carbons (Fsp3) is 0.368. The molecule has 1 aliphatic rings. The van der Waals surface area contributed by atoms with Crippen molar-refractivity contribution in [2.24, 2.45) is 7.05 Å². The summed E-state index contributed by atoms with van der Waals surface area (Å²) < 4.78 is 1.97. The lowest BCUT2D eigenvalue weighted by atomic mass is 10.2. The quantitative estimate of drug-likeness (QED) is 0.853. The van der Waals surface area contributed by atoms with Crippen LogP contribution in [0.1, 0.15) is 27.3 Å². The lowest BCUT2D eigenvalue weighted by molar-refractivity contribution is 0.0737. The van der Waals surface area contributed by atoms with Crippen molar-refractivity contribution in [3.05, 3.63) is 52.8 Å². The lowest BCUT2D eigenvalue weighted by Crippen LogP contribution is -2.49. The molecule has 1 amide bonds. The number of hydrogen-bond donors (Lipinski definition) is 0. The Balaban J connectivity index is 1.69. The molecule has 1 saturated heterocycles. The summed E-state index contributed by atoms with van der Waals surface area (Å²) in [5.41, 5.74) is 4.75. The summed E-state index contributed by atoms with van der Waals surface area (Å²) in [6, 6.07) is 11.8. The molecule has 1 fully saturated rings. The van der Waals surface area contributed by atoms with E-state index in [0.717, 1.165) is 35.7 Å². The van der Waals surface area contributed by atoms with Gasteiger partial charge in [-0.2, -0.15) is 5.26 Å². The van der Waals surface area contributed by atoms with E-state index in [1.165, 1.54) is 0 Å². The van der Waals surface area contributed by atoms with E-state index >= 15 is 0 Å². The van der Waals surface area contributed by atoms with Gasteiger partial charge in [0.2, 0.25) is 0 Å². The van der Waals surface area contributed by atoms with Crippen LogP contribution in [0.3, 0.4) is 0 Å². The Morgan fingerprint density at radius 3 is 2.42 bits per heavy atom. The number of benzene rings is 1. The minimum atomic E-state index is 0.0964. The molecule has 0 unspecified atom stereocenters. The number of carbonyl (C=O) groups excluding carboxylic acids is 1. The highest BCUT2D eigenvalue weighted by molar-refractivity contribution is 5.93. The van der Waals surface area contributed by atoms with E-state index in [2.05, 4.69) is 11.0 Å². The summed E-state index contributed by atoms with van der Waals surface area (Å²) in [5.74, 6) is 0.0964. The van der Waals surface area contributed by atoms with Crippen molar-refractivity contribution in [3.8, 4) is 6.07 Å². The largest absolute Gasteiger partial charge is 0.368 e. The molecule has 124 valence electrons. The zero-order valence-electron chi connectivity index (χ0n) is 14.4. The first-order chi connectivity index (χ1) is 11.5. The van der Waals surface area contributed by atoms with Crippen molar-refractivity contribution >= 4 is 11.6 Å². The van der Waals surface area contributed by atoms with Gasteiger partial charge >= 0.3 is 0 Å². The minimum absolute atomic E-state index is 0.0964. The molecule has 24 heavy (non-hydrogen) atoms. The Kier molecular flexibility index (Phi) is 4.30. The molecule has 2 heterocycles. The van der Waals surface area contributed by atoms with E-state index in [1.54, 1.807) is 0 Å². The molecule has 0 aliphatic carbocycles. The van der Waals surface area contributed by atoms with Crippen molar-refractivity contribution in [2.75, 3.05) is 31.1 Å². The van der Waals surface area contributed by atoms with Gasteiger partial charge in [-0.25, -0.2) is 0 Å². The number of aryl methyl sites for hydroxylation is 1. The van der Waals surface area contributed by atoms with Crippen molar-refractivity contribution < 1.29 is 4.79 Å². The van der Waals surface area contributed by atoms with Crippen LogP contribution in [-0.4, -0.2) is 41.6 Å². The van der Waals surface area contributed by atoms with Crippen LogP contribution in [0.25, 0.3) is 0 Å². The predicted molar refractivity (Wildman–Crippen MR) is 94.2 cm³/mol. The number of nitriles is 1. The highest BCUT2D eigenvalue weighted by atomic mass is 16.2. The average Bonchev–Trinajstić information content (AvgIpc) is 2.88. The van der Waals surface area contributed by atoms with Gasteiger partial charge in [0.05, 0.1) is 11.6 Å². The second-order valence-corrected chi connectivity index (χ2v) is 6.30. The topological polar surface area (TPSA) is 52.3 Å². The highest BCUT2D eigenvalue weighted by Gasteiger charge is 2.24. The third kappa shape index (κ3) is 2.88. The molecular weight excluding hydrogens is 300 g/mol. The summed E-state index contributed by atoms with van der Waals surface area (Å²) >= 11 is 0. The van der Waals surface area contributed by atoms with Crippen molar-refractivity contribution in [1.82, 2.24) is 9.47 Å². The third-order valence-corrected chi connectivity index (χ3v) is 4.91. The number of carbonyl (C=O) groups is 1. The van der Waals surface area contributed by atoms with Crippen LogP contribution < -0.4 is 4.90 Å². The van der Waals surface area contributed by atoms with E-state index < -0.39 is 0 Å². The number of piperazine rings is 1. The van der Waals surface area contributed by atoms with Gasteiger partial charge < -0.3 is 14.4 Å². The molecule has 1 aromatic carbocycles. The first-order valence-corrected chi connectivity index (χ1v) is 8.18. The second kappa shape index (κ2) is 6.40. The molecule has 0 atom stereocenters. The number of anilines is 1. The van der Waals surface area contributed by atoms with Crippen LogP contribution in [0.4, 0.5) is 5.69 Å². The van der Waals surface area contributed by atoms with Gasteiger partial charge in [0.25, 0.3) is 5.91 Å². The van der Waals surface area contributed by atoms with Crippen molar-refractivity contribution in [3.63, 3.8) is 0 Å². The SMILES string of the molecule is Cc1cc(C(=O)N2CCN(c3cccc(C#N)c3)CC2)n(C)c1C. The number of rotatable bonds is 2. The van der Waals surface area contributed by atoms with Gasteiger partial charge in [-0.1, -0.05) is 6.07 Å². The van der Waals surface area contributed by atoms with E-state index in [-0.39, 0.29) is 5.91 Å². The zero-order chi connectivity index (χ0) is 17.3. The van der Waals surface area contributed by atoms with E-state index in [1.807, 2.05) is 60.7 Å². The van der Waals surface area contributed by atoms with E-state index in [4.69, 9.17) is 5.26 Å². The minimum Gasteiger partial charge on any atom is -0.368 e. The fourth-order valence-electron chi connectivity index (χ4n) is 3.16. The number of aromatic nitrogens is 1. The van der Waals surface area contributed by atoms with Crippen LogP contribution >= 0.6 is 0 Å². The molecule has 0 radical (unpaired) electrons. The lowest BCUT2D eigenvalue weighted by Gasteiger charge is -2.36. The van der Waals surface area contributed by atoms with Crippen LogP contribution in [0, 0.1) is 25.2 Å². The normalized spacial score (nSPS) is 14.6. The standard InChI is InChI=1S/C19H22N4O/c1-14-11-18(21(3)15(14)2)19(24)23-9-7-22(8-10-23)17-6-4-5-16(12-17)13-20/h4-6,11-12H,7-10H2,1-3H3. The number of nitrogens with zero attached hydrogens (tertiary/aromatic N) is 4. The summed E-state index contributed by atoms with van der Waals surface area (Å²) in [4.78, 5) is 16.9. The monoisotopic (exact) mass is 322 g/mol. The molecule has 5 nitrogen and oxygen atoms in total. The molecule has 0 N–H and O–H groups in total. The molecule has 0 bridgehead atoms. The van der Waals surface area contributed by atoms with Gasteiger partial charge in [0, 0.05) is 44.6 Å². The van der Waals surface area contributed by atoms with Crippen LogP contribution in [0.5, 0.6) is 0 Å². The smallest absolute Gasteiger partial charge is 0.270 e. The third-order valence-electron chi connectivity index (χ3n) is 4.91. The maximum Gasteiger partial charge on any atom is 0.270 e. The van der Waals surface area contributed by atoms with Gasteiger partial charge in [-0.15, -0.1) is 0 Å². The number of hydrogen-bond acceptors (Lipinski definition) is 3. The molecule has 2 aromatic rings. The summed E-state index contributed by atoms with van der Waals surface area (Å²) in [5, 5.41) is 9.03. The Hall–Kier alpha value is -2.74. The molecule has 0 saturated carbocycles. The molecule has 5 heteroatoms.